The highest BCUT2D eigenvalue weighted by Gasteiger charge is 2.21. The number of aryl methyl sites for hydroxylation is 2. The average Bonchev–Trinajstić information content (AvgIpc) is 2.87. The predicted molar refractivity (Wildman–Crippen MR) is 83.5 cm³/mol. The molecule has 1 aromatic carbocycles. The number of aliphatic hydroxyl groups excluding tert-OH is 1. The standard InChI is InChI=1S/C16H16ClN3O/c1-3-20-15(12(17)9-18-20)16(21)14-8-10(2)11-6-4-5-7-13(11)19-14/h4-9,16,21H,3H2,1-2H3. The van der Waals surface area contributed by atoms with Gasteiger partial charge in [-0.1, -0.05) is 29.8 Å². The Labute approximate surface area is 128 Å². The number of hydrogen-bond donors (Lipinski definition) is 1. The van der Waals surface area contributed by atoms with Crippen molar-refractivity contribution < 1.29 is 5.11 Å². The molecule has 0 aliphatic rings. The first-order valence-corrected chi connectivity index (χ1v) is 7.25. The number of rotatable bonds is 3. The van der Waals surface area contributed by atoms with E-state index in [0.717, 1.165) is 16.5 Å². The fourth-order valence-electron chi connectivity index (χ4n) is 2.55. The van der Waals surface area contributed by atoms with Gasteiger partial charge in [-0.3, -0.25) is 4.68 Å². The van der Waals surface area contributed by atoms with Crippen LogP contribution in [0.4, 0.5) is 0 Å². The van der Waals surface area contributed by atoms with Crippen LogP contribution in [0.15, 0.2) is 36.5 Å². The molecule has 0 radical (unpaired) electrons. The van der Waals surface area contributed by atoms with E-state index in [1.165, 1.54) is 0 Å². The molecular weight excluding hydrogens is 286 g/mol. The maximum atomic E-state index is 10.6. The van der Waals surface area contributed by atoms with Crippen molar-refractivity contribution in [3.63, 3.8) is 0 Å². The molecule has 0 spiro atoms. The Morgan fingerprint density at radius 1 is 1.33 bits per heavy atom. The van der Waals surface area contributed by atoms with Crippen molar-refractivity contribution in [1.82, 2.24) is 14.8 Å². The second-order valence-corrected chi connectivity index (χ2v) is 5.38. The summed E-state index contributed by atoms with van der Waals surface area (Å²) in [6.45, 7) is 4.61. The third-order valence-corrected chi connectivity index (χ3v) is 3.91. The molecule has 0 aliphatic heterocycles. The van der Waals surface area contributed by atoms with Gasteiger partial charge in [0.05, 0.1) is 28.1 Å². The molecule has 21 heavy (non-hydrogen) atoms. The van der Waals surface area contributed by atoms with Crippen molar-refractivity contribution in [1.29, 1.82) is 0 Å². The molecule has 0 aliphatic carbocycles. The summed E-state index contributed by atoms with van der Waals surface area (Å²) in [5.74, 6) is 0. The van der Waals surface area contributed by atoms with Crippen LogP contribution in [0.1, 0.15) is 30.0 Å². The Morgan fingerprint density at radius 3 is 2.86 bits per heavy atom. The zero-order valence-corrected chi connectivity index (χ0v) is 12.7. The zero-order valence-electron chi connectivity index (χ0n) is 11.9. The highest BCUT2D eigenvalue weighted by Crippen LogP contribution is 2.29. The van der Waals surface area contributed by atoms with Gasteiger partial charge in [-0.25, -0.2) is 4.98 Å². The maximum Gasteiger partial charge on any atom is 0.139 e. The number of nitrogens with zero attached hydrogens (tertiary/aromatic N) is 3. The van der Waals surface area contributed by atoms with Crippen LogP contribution in [-0.4, -0.2) is 19.9 Å². The molecule has 0 amide bonds. The van der Waals surface area contributed by atoms with E-state index in [4.69, 9.17) is 11.6 Å². The second kappa shape index (κ2) is 5.47. The molecule has 3 aromatic rings. The third kappa shape index (κ3) is 2.41. The SMILES string of the molecule is CCn1ncc(Cl)c1C(O)c1cc(C)c2ccccc2n1. The fourth-order valence-corrected chi connectivity index (χ4v) is 2.80. The molecule has 1 N–H and O–H groups in total. The van der Waals surface area contributed by atoms with Gasteiger partial charge in [-0.15, -0.1) is 0 Å². The lowest BCUT2D eigenvalue weighted by molar-refractivity contribution is 0.203. The number of hydrogen-bond acceptors (Lipinski definition) is 3. The van der Waals surface area contributed by atoms with Crippen LogP contribution < -0.4 is 0 Å². The summed E-state index contributed by atoms with van der Waals surface area (Å²) in [5, 5.41) is 16.4. The molecule has 108 valence electrons. The third-order valence-electron chi connectivity index (χ3n) is 3.61. The number of halogens is 1. The molecule has 1 unspecified atom stereocenters. The van der Waals surface area contributed by atoms with E-state index in [9.17, 15) is 5.11 Å². The van der Waals surface area contributed by atoms with E-state index in [1.54, 1.807) is 10.9 Å². The molecule has 3 rings (SSSR count). The number of aromatic nitrogens is 3. The van der Waals surface area contributed by atoms with Gasteiger partial charge in [0, 0.05) is 11.9 Å². The molecule has 1 atom stereocenters. The number of benzene rings is 1. The van der Waals surface area contributed by atoms with Crippen LogP contribution >= 0.6 is 11.6 Å². The molecule has 0 fully saturated rings. The number of fused-ring (bicyclic) bond motifs is 1. The Balaban J connectivity index is 2.13. The van der Waals surface area contributed by atoms with Crippen molar-refractivity contribution in [2.45, 2.75) is 26.5 Å². The zero-order chi connectivity index (χ0) is 15.0. The van der Waals surface area contributed by atoms with Gasteiger partial charge in [0.2, 0.25) is 0 Å². The van der Waals surface area contributed by atoms with E-state index in [2.05, 4.69) is 10.1 Å². The number of aliphatic hydroxyl groups is 1. The van der Waals surface area contributed by atoms with E-state index < -0.39 is 6.10 Å². The van der Waals surface area contributed by atoms with Crippen LogP contribution in [0.3, 0.4) is 0 Å². The van der Waals surface area contributed by atoms with Gasteiger partial charge in [-0.05, 0) is 31.5 Å². The van der Waals surface area contributed by atoms with Crippen LogP contribution in [-0.2, 0) is 6.54 Å². The highest BCUT2D eigenvalue weighted by molar-refractivity contribution is 6.31. The smallest absolute Gasteiger partial charge is 0.139 e. The minimum Gasteiger partial charge on any atom is -0.380 e. The maximum absolute atomic E-state index is 10.6. The summed E-state index contributed by atoms with van der Waals surface area (Å²) >= 11 is 6.16. The van der Waals surface area contributed by atoms with Crippen molar-refractivity contribution in [3.05, 3.63) is 58.5 Å². The minimum absolute atomic E-state index is 0.456. The largest absolute Gasteiger partial charge is 0.380 e. The van der Waals surface area contributed by atoms with Crippen LogP contribution in [0.2, 0.25) is 5.02 Å². The fraction of sp³-hybridized carbons (Fsp3) is 0.250. The molecular formula is C16H16ClN3O. The molecule has 2 heterocycles. The highest BCUT2D eigenvalue weighted by atomic mass is 35.5. The van der Waals surface area contributed by atoms with Crippen LogP contribution in [0.25, 0.3) is 10.9 Å². The number of para-hydroxylation sites is 1. The summed E-state index contributed by atoms with van der Waals surface area (Å²) < 4.78 is 1.69. The normalized spacial score (nSPS) is 12.8. The summed E-state index contributed by atoms with van der Waals surface area (Å²) in [6, 6.07) is 9.79. The van der Waals surface area contributed by atoms with E-state index in [0.29, 0.717) is 23.0 Å². The first-order chi connectivity index (χ1) is 10.1. The molecule has 5 heteroatoms. The molecule has 4 nitrogen and oxygen atoms in total. The van der Waals surface area contributed by atoms with Gasteiger partial charge >= 0.3 is 0 Å². The number of pyridine rings is 1. The molecule has 0 saturated carbocycles. The van der Waals surface area contributed by atoms with Gasteiger partial charge < -0.3 is 5.11 Å². The van der Waals surface area contributed by atoms with Crippen molar-refractivity contribution in [3.8, 4) is 0 Å². The predicted octanol–water partition coefficient (Wildman–Crippen LogP) is 3.49. The first kappa shape index (κ1) is 14.0. The lowest BCUT2D eigenvalue weighted by atomic mass is 10.1. The van der Waals surface area contributed by atoms with Crippen LogP contribution in [0, 0.1) is 6.92 Å². The summed E-state index contributed by atoms with van der Waals surface area (Å²) in [4.78, 5) is 4.56. The molecule has 0 bridgehead atoms. The van der Waals surface area contributed by atoms with E-state index >= 15 is 0 Å². The van der Waals surface area contributed by atoms with Gasteiger partial charge in [0.25, 0.3) is 0 Å². The van der Waals surface area contributed by atoms with Crippen molar-refractivity contribution in [2.24, 2.45) is 0 Å². The Hall–Kier alpha value is -1.91. The van der Waals surface area contributed by atoms with Gasteiger partial charge in [0.15, 0.2) is 0 Å². The summed E-state index contributed by atoms with van der Waals surface area (Å²) in [6.07, 6.45) is 0.667. The van der Waals surface area contributed by atoms with Crippen molar-refractivity contribution in [2.75, 3.05) is 0 Å². The van der Waals surface area contributed by atoms with Gasteiger partial charge in [-0.2, -0.15) is 5.10 Å². The first-order valence-electron chi connectivity index (χ1n) is 6.87. The topological polar surface area (TPSA) is 50.9 Å². The van der Waals surface area contributed by atoms with E-state index in [-0.39, 0.29) is 0 Å². The van der Waals surface area contributed by atoms with E-state index in [1.807, 2.05) is 44.2 Å². The minimum atomic E-state index is -0.886. The molecule has 2 aromatic heterocycles. The van der Waals surface area contributed by atoms with Crippen molar-refractivity contribution >= 4 is 22.5 Å². The van der Waals surface area contributed by atoms with Crippen LogP contribution in [0.5, 0.6) is 0 Å². The summed E-state index contributed by atoms with van der Waals surface area (Å²) in [5.41, 5.74) is 3.11. The quantitative estimate of drug-likeness (QED) is 0.805. The second-order valence-electron chi connectivity index (χ2n) is 4.98. The average molecular weight is 302 g/mol. The lowest BCUT2D eigenvalue weighted by Gasteiger charge is -2.14. The Bertz CT molecular complexity index is 797. The summed E-state index contributed by atoms with van der Waals surface area (Å²) in [7, 11) is 0. The monoisotopic (exact) mass is 301 g/mol. The molecule has 0 saturated heterocycles. The van der Waals surface area contributed by atoms with Gasteiger partial charge in [0.1, 0.15) is 6.10 Å². The Kier molecular flexibility index (Phi) is 3.66. The Morgan fingerprint density at radius 2 is 2.10 bits per heavy atom. The lowest BCUT2D eigenvalue weighted by Crippen LogP contribution is -2.11.